The fourth-order valence-corrected chi connectivity index (χ4v) is 1.67. The first-order valence-electron chi connectivity index (χ1n) is 5.98. The third-order valence-electron chi connectivity index (χ3n) is 2.38. The monoisotopic (exact) mass is 259 g/mol. The lowest BCUT2D eigenvalue weighted by molar-refractivity contribution is -0.141. The van der Waals surface area contributed by atoms with Gasteiger partial charge in [-0.2, -0.15) is 0 Å². The van der Waals surface area contributed by atoms with Crippen LogP contribution < -0.4 is 0 Å². The van der Waals surface area contributed by atoms with Gasteiger partial charge >= 0.3 is 6.09 Å². The van der Waals surface area contributed by atoms with Crippen LogP contribution in [0.4, 0.5) is 4.79 Å². The van der Waals surface area contributed by atoms with E-state index in [1.54, 1.807) is 27.7 Å². The van der Waals surface area contributed by atoms with Crippen LogP contribution in [0.5, 0.6) is 0 Å². The molecule has 6 nitrogen and oxygen atoms in total. The van der Waals surface area contributed by atoms with Crippen LogP contribution in [0.2, 0.25) is 0 Å². The van der Waals surface area contributed by atoms with Crippen LogP contribution in [0.25, 0.3) is 0 Å². The molecule has 0 spiro atoms. The Kier molecular flexibility index (Phi) is 4.70. The molecule has 2 amide bonds. The fraction of sp³-hybridized carbons (Fsp3) is 0.833. The summed E-state index contributed by atoms with van der Waals surface area (Å²) < 4.78 is 15.8. The van der Waals surface area contributed by atoms with E-state index in [9.17, 15) is 9.59 Å². The van der Waals surface area contributed by atoms with Crippen LogP contribution in [-0.4, -0.2) is 48.0 Å². The van der Waals surface area contributed by atoms with Crippen LogP contribution in [0.1, 0.15) is 34.6 Å². The topological polar surface area (TPSA) is 65.1 Å². The van der Waals surface area contributed by atoms with Gasteiger partial charge in [0.05, 0.1) is 19.3 Å². The highest BCUT2D eigenvalue weighted by molar-refractivity contribution is 5.91. The number of amides is 2. The quantitative estimate of drug-likeness (QED) is 0.752. The first-order chi connectivity index (χ1) is 8.22. The van der Waals surface area contributed by atoms with Crippen molar-refractivity contribution in [1.82, 2.24) is 4.90 Å². The molecule has 1 aliphatic heterocycles. The van der Waals surface area contributed by atoms with E-state index >= 15 is 0 Å². The summed E-state index contributed by atoms with van der Waals surface area (Å²) in [6, 6.07) is -0.514. The van der Waals surface area contributed by atoms with Crippen molar-refractivity contribution in [1.29, 1.82) is 0 Å². The summed E-state index contributed by atoms with van der Waals surface area (Å²) in [5.74, 6) is -0.393. The average molecular weight is 259 g/mol. The predicted octanol–water partition coefficient (Wildman–Crippen LogP) is 1.53. The van der Waals surface area contributed by atoms with E-state index in [0.717, 1.165) is 4.90 Å². The smallest absolute Gasteiger partial charge is 0.417 e. The van der Waals surface area contributed by atoms with Crippen LogP contribution >= 0.6 is 0 Å². The van der Waals surface area contributed by atoms with Gasteiger partial charge in [-0.1, -0.05) is 0 Å². The lowest BCUT2D eigenvalue weighted by atomic mass is 10.2. The molecule has 0 aromatic rings. The molecule has 0 bridgehead atoms. The molecular formula is C12H21NO5. The van der Waals surface area contributed by atoms with Crippen molar-refractivity contribution in [2.45, 2.75) is 52.6 Å². The minimum absolute atomic E-state index is 0.393. The van der Waals surface area contributed by atoms with E-state index in [-0.39, 0.29) is 0 Å². The molecule has 1 saturated heterocycles. The highest BCUT2D eigenvalue weighted by atomic mass is 16.7. The first-order valence-corrected chi connectivity index (χ1v) is 5.98. The Labute approximate surface area is 107 Å². The molecule has 104 valence electrons. The molecule has 1 atom stereocenters. The maximum Gasteiger partial charge on any atom is 0.417 e. The minimum atomic E-state index is -0.679. The van der Waals surface area contributed by atoms with Crippen molar-refractivity contribution < 1.29 is 23.8 Å². The predicted molar refractivity (Wildman–Crippen MR) is 63.9 cm³/mol. The fourth-order valence-electron chi connectivity index (χ4n) is 1.67. The summed E-state index contributed by atoms with van der Waals surface area (Å²) in [6.45, 7) is 9.18. The van der Waals surface area contributed by atoms with Crippen molar-refractivity contribution in [3.63, 3.8) is 0 Å². The number of nitrogens with zero attached hydrogens (tertiary/aromatic N) is 1. The van der Waals surface area contributed by atoms with Gasteiger partial charge in [0.15, 0.2) is 6.29 Å². The lowest BCUT2D eigenvalue weighted by Crippen LogP contribution is -2.49. The molecule has 1 aliphatic rings. The van der Waals surface area contributed by atoms with Gasteiger partial charge in [-0.15, -0.1) is 0 Å². The molecule has 0 N–H and O–H groups in total. The summed E-state index contributed by atoms with van der Waals surface area (Å²) in [5.41, 5.74) is -0.651. The van der Waals surface area contributed by atoms with Gasteiger partial charge in [0.2, 0.25) is 5.91 Å². The molecular weight excluding hydrogens is 238 g/mol. The molecule has 1 heterocycles. The molecule has 0 radical (unpaired) electrons. The number of rotatable bonds is 2. The highest BCUT2D eigenvalue weighted by Gasteiger charge is 2.36. The Bertz CT molecular complexity index is 317. The lowest BCUT2D eigenvalue weighted by Gasteiger charge is -2.31. The molecule has 0 aliphatic carbocycles. The van der Waals surface area contributed by atoms with E-state index < -0.39 is 29.9 Å². The summed E-state index contributed by atoms with van der Waals surface area (Å²) in [5, 5.41) is 0. The van der Waals surface area contributed by atoms with Crippen molar-refractivity contribution in [3.8, 4) is 0 Å². The first kappa shape index (κ1) is 14.9. The maximum absolute atomic E-state index is 12.0. The third kappa shape index (κ3) is 3.96. The zero-order chi connectivity index (χ0) is 13.9. The van der Waals surface area contributed by atoms with Crippen LogP contribution in [-0.2, 0) is 19.0 Å². The Balaban J connectivity index is 2.75. The molecule has 6 heteroatoms. The summed E-state index contributed by atoms with van der Waals surface area (Å²) in [6.07, 6.45) is -1.26. The van der Waals surface area contributed by atoms with E-state index in [0.29, 0.717) is 13.2 Å². The van der Waals surface area contributed by atoms with Crippen molar-refractivity contribution in [3.05, 3.63) is 0 Å². The Morgan fingerprint density at radius 2 is 1.78 bits per heavy atom. The zero-order valence-corrected chi connectivity index (χ0v) is 11.6. The van der Waals surface area contributed by atoms with Gasteiger partial charge in [0.1, 0.15) is 5.60 Å². The number of imide groups is 1. The normalized spacial score (nSPS) is 18.5. The van der Waals surface area contributed by atoms with Gasteiger partial charge < -0.3 is 14.2 Å². The van der Waals surface area contributed by atoms with Crippen molar-refractivity contribution in [2.24, 2.45) is 0 Å². The van der Waals surface area contributed by atoms with E-state index in [1.807, 2.05) is 0 Å². The van der Waals surface area contributed by atoms with Crippen molar-refractivity contribution in [2.75, 3.05) is 13.2 Å². The zero-order valence-electron chi connectivity index (χ0n) is 11.6. The number of hydrogen-bond acceptors (Lipinski definition) is 5. The number of carbonyl (C=O) groups excluding carboxylic acids is 2. The third-order valence-corrected chi connectivity index (χ3v) is 2.38. The molecule has 1 rings (SSSR count). The second-order valence-corrected chi connectivity index (χ2v) is 5.22. The van der Waals surface area contributed by atoms with Gasteiger partial charge in [-0.3, -0.25) is 4.79 Å². The SMILES string of the molecule is CC(=O)N(C(=O)OC(C)(C)C)[C@H](C)C1OCCO1. The van der Waals surface area contributed by atoms with Gasteiger partial charge in [-0.05, 0) is 27.7 Å². The minimum Gasteiger partial charge on any atom is -0.443 e. The number of ether oxygens (including phenoxy) is 3. The molecule has 0 unspecified atom stereocenters. The Morgan fingerprint density at radius 3 is 2.17 bits per heavy atom. The highest BCUT2D eigenvalue weighted by Crippen LogP contribution is 2.18. The van der Waals surface area contributed by atoms with Gasteiger partial charge in [-0.25, -0.2) is 9.69 Å². The molecule has 0 aromatic heterocycles. The second kappa shape index (κ2) is 5.67. The van der Waals surface area contributed by atoms with Crippen LogP contribution in [0, 0.1) is 0 Å². The summed E-state index contributed by atoms with van der Waals surface area (Å²) in [7, 11) is 0. The molecule has 1 fully saturated rings. The number of hydrogen-bond donors (Lipinski definition) is 0. The van der Waals surface area contributed by atoms with E-state index in [1.165, 1.54) is 6.92 Å². The molecule has 0 aromatic carbocycles. The average Bonchev–Trinajstić information content (AvgIpc) is 2.65. The largest absolute Gasteiger partial charge is 0.443 e. The van der Waals surface area contributed by atoms with Crippen LogP contribution in [0.15, 0.2) is 0 Å². The second-order valence-electron chi connectivity index (χ2n) is 5.22. The standard InChI is InChI=1S/C12H21NO5/c1-8(10-16-6-7-17-10)13(9(2)14)11(15)18-12(3,4)5/h8,10H,6-7H2,1-5H3/t8-/m1/s1. The van der Waals surface area contributed by atoms with Crippen LogP contribution in [0.3, 0.4) is 0 Å². The molecule has 18 heavy (non-hydrogen) atoms. The number of carbonyl (C=O) groups is 2. The van der Waals surface area contributed by atoms with Gasteiger partial charge in [0, 0.05) is 6.92 Å². The Morgan fingerprint density at radius 1 is 1.28 bits per heavy atom. The van der Waals surface area contributed by atoms with Gasteiger partial charge in [0.25, 0.3) is 0 Å². The molecule has 0 saturated carbocycles. The van der Waals surface area contributed by atoms with E-state index in [4.69, 9.17) is 14.2 Å². The summed E-state index contributed by atoms with van der Waals surface area (Å²) >= 11 is 0. The maximum atomic E-state index is 12.0. The van der Waals surface area contributed by atoms with Crippen molar-refractivity contribution >= 4 is 12.0 Å². The Hall–Kier alpha value is -1.14. The summed E-state index contributed by atoms with van der Waals surface area (Å²) in [4.78, 5) is 24.6. The van der Waals surface area contributed by atoms with E-state index in [2.05, 4.69) is 0 Å².